The average Bonchev–Trinajstić information content (AvgIpc) is 2.95. The van der Waals surface area contributed by atoms with Gasteiger partial charge in [-0.05, 0) is 24.9 Å². The van der Waals surface area contributed by atoms with E-state index in [1.165, 1.54) is 18.4 Å². The maximum absolute atomic E-state index is 3.63. The molecule has 1 aliphatic carbocycles. The van der Waals surface area contributed by atoms with Crippen LogP contribution in [0.25, 0.3) is 0 Å². The molecule has 0 bridgehead atoms. The van der Waals surface area contributed by atoms with E-state index in [1.54, 1.807) is 0 Å². The smallest absolute Gasteiger partial charge is 0.0254 e. The summed E-state index contributed by atoms with van der Waals surface area (Å²) < 4.78 is 0. The minimum Gasteiger partial charge on any atom is -0.311 e. The van der Waals surface area contributed by atoms with E-state index in [4.69, 9.17) is 0 Å². The highest BCUT2D eigenvalue weighted by Gasteiger charge is 2.52. The second-order valence-electron chi connectivity index (χ2n) is 4.21. The average molecular weight is 189 g/mol. The zero-order valence-electron chi connectivity index (χ0n) is 9.09. The largest absolute Gasteiger partial charge is 0.311 e. The molecule has 1 nitrogen and oxygen atoms in total. The van der Waals surface area contributed by atoms with Crippen LogP contribution in [-0.4, -0.2) is 12.1 Å². The Hall–Kier alpha value is -0.820. The van der Waals surface area contributed by atoms with Gasteiger partial charge < -0.3 is 5.32 Å². The van der Waals surface area contributed by atoms with Gasteiger partial charge in [0.25, 0.3) is 0 Å². The van der Waals surface area contributed by atoms with Gasteiger partial charge in [-0.3, -0.25) is 0 Å². The van der Waals surface area contributed by atoms with Crippen molar-refractivity contribution >= 4 is 0 Å². The Morgan fingerprint density at radius 2 is 2.00 bits per heavy atom. The van der Waals surface area contributed by atoms with Crippen LogP contribution in [0.1, 0.15) is 38.2 Å². The minimum atomic E-state index is 0.413. The van der Waals surface area contributed by atoms with E-state index in [1.807, 2.05) is 0 Å². The first-order chi connectivity index (χ1) is 6.82. The summed E-state index contributed by atoms with van der Waals surface area (Å²) in [4.78, 5) is 0. The molecule has 2 rings (SSSR count). The first kappa shape index (κ1) is 9.72. The summed E-state index contributed by atoms with van der Waals surface area (Å²) in [7, 11) is 0. The van der Waals surface area contributed by atoms with Gasteiger partial charge in [0.1, 0.15) is 0 Å². The van der Waals surface area contributed by atoms with Crippen LogP contribution in [0.4, 0.5) is 0 Å². The van der Waals surface area contributed by atoms with Crippen molar-refractivity contribution < 1.29 is 0 Å². The van der Waals surface area contributed by atoms with Gasteiger partial charge in [0.2, 0.25) is 0 Å². The number of hydrogen-bond donors (Lipinski definition) is 1. The number of hydrogen-bond acceptors (Lipinski definition) is 1. The van der Waals surface area contributed by atoms with Crippen molar-refractivity contribution in [3.8, 4) is 0 Å². The molecule has 1 aromatic carbocycles. The SMILES string of the molecule is CCN[C@]1(CC)C[C@H]1c1ccccc1. The summed E-state index contributed by atoms with van der Waals surface area (Å²) in [6.07, 6.45) is 2.54. The summed E-state index contributed by atoms with van der Waals surface area (Å²) in [6.45, 7) is 5.56. The molecule has 76 valence electrons. The molecule has 0 spiro atoms. The van der Waals surface area contributed by atoms with E-state index in [2.05, 4.69) is 49.5 Å². The van der Waals surface area contributed by atoms with Gasteiger partial charge in [-0.1, -0.05) is 44.2 Å². The van der Waals surface area contributed by atoms with Crippen molar-refractivity contribution in [2.45, 2.75) is 38.1 Å². The maximum Gasteiger partial charge on any atom is 0.0254 e. The highest BCUT2D eigenvalue weighted by Crippen LogP contribution is 2.53. The van der Waals surface area contributed by atoms with Crippen LogP contribution in [0, 0.1) is 0 Å². The fourth-order valence-corrected chi connectivity index (χ4v) is 2.49. The fraction of sp³-hybridized carbons (Fsp3) is 0.538. The van der Waals surface area contributed by atoms with Crippen LogP contribution in [0.15, 0.2) is 30.3 Å². The molecule has 0 aliphatic heterocycles. The zero-order valence-corrected chi connectivity index (χ0v) is 9.09. The molecule has 0 saturated heterocycles. The first-order valence-corrected chi connectivity index (χ1v) is 5.62. The first-order valence-electron chi connectivity index (χ1n) is 5.62. The predicted molar refractivity (Wildman–Crippen MR) is 60.5 cm³/mol. The van der Waals surface area contributed by atoms with E-state index < -0.39 is 0 Å². The van der Waals surface area contributed by atoms with Crippen molar-refractivity contribution in [2.75, 3.05) is 6.54 Å². The fourth-order valence-electron chi connectivity index (χ4n) is 2.49. The van der Waals surface area contributed by atoms with Gasteiger partial charge in [-0.25, -0.2) is 0 Å². The Morgan fingerprint density at radius 1 is 1.29 bits per heavy atom. The topological polar surface area (TPSA) is 12.0 Å². The van der Waals surface area contributed by atoms with E-state index >= 15 is 0 Å². The highest BCUT2D eigenvalue weighted by molar-refractivity contribution is 5.33. The molecule has 0 unspecified atom stereocenters. The standard InChI is InChI=1S/C13H19N/c1-3-13(14-4-2)10-12(13)11-8-6-5-7-9-11/h5-9,12,14H,3-4,10H2,1-2H3/t12-,13+/m0/s1. The second kappa shape index (κ2) is 3.74. The molecule has 0 aromatic heterocycles. The van der Waals surface area contributed by atoms with Gasteiger partial charge >= 0.3 is 0 Å². The third-order valence-electron chi connectivity index (χ3n) is 3.44. The number of benzene rings is 1. The lowest BCUT2D eigenvalue weighted by molar-refractivity contribution is 0.484. The molecule has 0 amide bonds. The molecule has 1 aromatic rings. The molecule has 1 N–H and O–H groups in total. The van der Waals surface area contributed by atoms with Crippen LogP contribution in [0.5, 0.6) is 0 Å². The van der Waals surface area contributed by atoms with Crippen molar-refractivity contribution in [1.82, 2.24) is 5.32 Å². The third-order valence-corrected chi connectivity index (χ3v) is 3.44. The Morgan fingerprint density at radius 3 is 2.57 bits per heavy atom. The Kier molecular flexibility index (Phi) is 2.60. The van der Waals surface area contributed by atoms with Crippen LogP contribution < -0.4 is 5.32 Å². The van der Waals surface area contributed by atoms with Crippen molar-refractivity contribution in [2.24, 2.45) is 0 Å². The zero-order chi connectivity index (χ0) is 10.0. The summed E-state index contributed by atoms with van der Waals surface area (Å²) in [5, 5.41) is 3.63. The monoisotopic (exact) mass is 189 g/mol. The number of likely N-dealkylation sites (N-methyl/N-ethyl adjacent to an activating group) is 1. The quantitative estimate of drug-likeness (QED) is 0.768. The predicted octanol–water partition coefficient (Wildman–Crippen LogP) is 2.93. The molecule has 14 heavy (non-hydrogen) atoms. The molecule has 0 radical (unpaired) electrons. The van der Waals surface area contributed by atoms with E-state index in [0.29, 0.717) is 5.54 Å². The summed E-state index contributed by atoms with van der Waals surface area (Å²) >= 11 is 0. The van der Waals surface area contributed by atoms with Gasteiger partial charge in [0.05, 0.1) is 0 Å². The molecule has 1 fully saturated rings. The summed E-state index contributed by atoms with van der Waals surface area (Å²) in [5.74, 6) is 0.744. The Balaban J connectivity index is 2.10. The van der Waals surface area contributed by atoms with Crippen LogP contribution in [0.3, 0.4) is 0 Å². The summed E-state index contributed by atoms with van der Waals surface area (Å²) in [5.41, 5.74) is 1.91. The lowest BCUT2D eigenvalue weighted by atomic mass is 10.0. The van der Waals surface area contributed by atoms with Gasteiger partial charge in [0.15, 0.2) is 0 Å². The highest BCUT2D eigenvalue weighted by atomic mass is 15.0. The number of nitrogens with one attached hydrogen (secondary N) is 1. The van der Waals surface area contributed by atoms with E-state index in [-0.39, 0.29) is 0 Å². The molecular formula is C13H19N. The van der Waals surface area contributed by atoms with Gasteiger partial charge in [0, 0.05) is 11.5 Å². The van der Waals surface area contributed by atoms with Crippen LogP contribution in [-0.2, 0) is 0 Å². The molecule has 1 aliphatic rings. The van der Waals surface area contributed by atoms with Gasteiger partial charge in [-0.15, -0.1) is 0 Å². The lowest BCUT2D eigenvalue weighted by Gasteiger charge is -2.16. The number of rotatable bonds is 4. The molecule has 1 saturated carbocycles. The second-order valence-corrected chi connectivity index (χ2v) is 4.21. The van der Waals surface area contributed by atoms with Crippen LogP contribution >= 0.6 is 0 Å². The Labute approximate surface area is 86.5 Å². The van der Waals surface area contributed by atoms with Crippen molar-refractivity contribution in [1.29, 1.82) is 0 Å². The third kappa shape index (κ3) is 1.57. The van der Waals surface area contributed by atoms with Crippen molar-refractivity contribution in [3.05, 3.63) is 35.9 Å². The molecule has 2 atom stereocenters. The Bertz CT molecular complexity index is 293. The molecule has 0 heterocycles. The minimum absolute atomic E-state index is 0.413. The van der Waals surface area contributed by atoms with Crippen LogP contribution in [0.2, 0.25) is 0 Å². The normalized spacial score (nSPS) is 30.3. The lowest BCUT2D eigenvalue weighted by Crippen LogP contribution is -2.32. The maximum atomic E-state index is 3.63. The van der Waals surface area contributed by atoms with E-state index in [9.17, 15) is 0 Å². The summed E-state index contributed by atoms with van der Waals surface area (Å²) in [6, 6.07) is 10.9. The van der Waals surface area contributed by atoms with Gasteiger partial charge in [-0.2, -0.15) is 0 Å². The van der Waals surface area contributed by atoms with E-state index in [0.717, 1.165) is 12.5 Å². The molecule has 1 heteroatoms. The van der Waals surface area contributed by atoms with Crippen molar-refractivity contribution in [3.63, 3.8) is 0 Å². The molecular weight excluding hydrogens is 170 g/mol.